The van der Waals surface area contributed by atoms with Crippen LogP contribution < -0.4 is 11.0 Å². The predicted octanol–water partition coefficient (Wildman–Crippen LogP) is 5.53. The Morgan fingerprint density at radius 1 is 1.20 bits per heavy atom. The number of fused-ring (bicyclic) bond motifs is 3. The van der Waals surface area contributed by atoms with Crippen molar-refractivity contribution in [2.75, 3.05) is 5.75 Å². The third kappa shape index (κ3) is 5.05. The first-order valence-electron chi connectivity index (χ1n) is 11.3. The van der Waals surface area contributed by atoms with Gasteiger partial charge in [0, 0.05) is 15.5 Å². The van der Waals surface area contributed by atoms with Crippen molar-refractivity contribution in [3.63, 3.8) is 0 Å². The van der Waals surface area contributed by atoms with Crippen molar-refractivity contribution in [2.45, 2.75) is 37.8 Å². The SMILES string of the molecule is Cc1ccc(-n2c(SCC(=O)NN=Cc3ccccc3Cl)nc3sc4c(c3c2=O)CCCC4)cc1. The molecule has 2 aromatic heterocycles. The molecule has 1 N–H and O–H groups in total. The lowest BCUT2D eigenvalue weighted by Gasteiger charge is -2.13. The van der Waals surface area contributed by atoms with Crippen LogP contribution in [0.1, 0.15) is 34.4 Å². The fraction of sp³-hybridized carbons (Fsp3) is 0.231. The largest absolute Gasteiger partial charge is 0.272 e. The van der Waals surface area contributed by atoms with E-state index in [1.807, 2.05) is 49.4 Å². The Labute approximate surface area is 216 Å². The molecule has 6 nitrogen and oxygen atoms in total. The number of benzene rings is 2. The topological polar surface area (TPSA) is 76.3 Å². The molecular weight excluding hydrogens is 500 g/mol. The number of nitrogens with one attached hydrogen (secondary N) is 1. The second-order valence-electron chi connectivity index (χ2n) is 8.36. The van der Waals surface area contributed by atoms with E-state index >= 15 is 0 Å². The zero-order valence-electron chi connectivity index (χ0n) is 19.1. The summed E-state index contributed by atoms with van der Waals surface area (Å²) in [6, 6.07) is 15.0. The van der Waals surface area contributed by atoms with Crippen LogP contribution in [0.5, 0.6) is 0 Å². The molecule has 1 aliphatic carbocycles. The molecular formula is C26H23ClN4O2S2. The van der Waals surface area contributed by atoms with Crippen molar-refractivity contribution in [1.82, 2.24) is 15.0 Å². The normalized spacial score (nSPS) is 13.3. The molecule has 35 heavy (non-hydrogen) atoms. The monoisotopic (exact) mass is 522 g/mol. The summed E-state index contributed by atoms with van der Waals surface area (Å²) in [4.78, 5) is 33.1. The van der Waals surface area contributed by atoms with Crippen LogP contribution in [0.25, 0.3) is 15.9 Å². The van der Waals surface area contributed by atoms with E-state index in [4.69, 9.17) is 16.6 Å². The number of halogens is 1. The van der Waals surface area contributed by atoms with Gasteiger partial charge in [0.05, 0.1) is 23.0 Å². The van der Waals surface area contributed by atoms with Crippen molar-refractivity contribution < 1.29 is 4.79 Å². The molecule has 1 aliphatic rings. The van der Waals surface area contributed by atoms with Gasteiger partial charge in [-0.15, -0.1) is 11.3 Å². The predicted molar refractivity (Wildman–Crippen MR) is 145 cm³/mol. The molecule has 0 aliphatic heterocycles. The molecule has 0 saturated heterocycles. The highest BCUT2D eigenvalue weighted by Gasteiger charge is 2.23. The van der Waals surface area contributed by atoms with E-state index in [9.17, 15) is 9.59 Å². The average molecular weight is 523 g/mol. The highest BCUT2D eigenvalue weighted by Crippen LogP contribution is 2.35. The Balaban J connectivity index is 1.44. The van der Waals surface area contributed by atoms with Gasteiger partial charge in [-0.1, -0.05) is 59.3 Å². The molecule has 0 radical (unpaired) electrons. The molecule has 0 spiro atoms. The van der Waals surface area contributed by atoms with Gasteiger partial charge in [-0.2, -0.15) is 5.10 Å². The van der Waals surface area contributed by atoms with E-state index in [-0.39, 0.29) is 17.2 Å². The van der Waals surface area contributed by atoms with Gasteiger partial charge in [-0.25, -0.2) is 10.4 Å². The number of amides is 1. The maximum absolute atomic E-state index is 13.8. The molecule has 0 bridgehead atoms. The highest BCUT2D eigenvalue weighted by molar-refractivity contribution is 7.99. The van der Waals surface area contributed by atoms with Gasteiger partial charge in [-0.05, 0) is 56.4 Å². The number of aryl methyl sites for hydroxylation is 3. The van der Waals surface area contributed by atoms with Crippen LogP contribution in [-0.4, -0.2) is 27.4 Å². The summed E-state index contributed by atoms with van der Waals surface area (Å²) in [6.45, 7) is 2.01. The summed E-state index contributed by atoms with van der Waals surface area (Å²) >= 11 is 8.95. The number of thiophene rings is 1. The number of carbonyl (C=O) groups excluding carboxylic acids is 1. The number of rotatable bonds is 6. The van der Waals surface area contributed by atoms with Gasteiger partial charge in [-0.3, -0.25) is 14.2 Å². The van der Waals surface area contributed by atoms with E-state index in [0.717, 1.165) is 52.7 Å². The summed E-state index contributed by atoms with van der Waals surface area (Å²) in [7, 11) is 0. The number of nitrogens with zero attached hydrogens (tertiary/aromatic N) is 3. The van der Waals surface area contributed by atoms with Crippen molar-refractivity contribution in [3.05, 3.63) is 85.5 Å². The second kappa shape index (κ2) is 10.4. The van der Waals surface area contributed by atoms with Crippen molar-refractivity contribution in [3.8, 4) is 5.69 Å². The molecule has 2 heterocycles. The highest BCUT2D eigenvalue weighted by atomic mass is 35.5. The molecule has 0 saturated carbocycles. The molecule has 0 fully saturated rings. The van der Waals surface area contributed by atoms with E-state index in [0.29, 0.717) is 15.7 Å². The van der Waals surface area contributed by atoms with Crippen molar-refractivity contribution in [1.29, 1.82) is 0 Å². The van der Waals surface area contributed by atoms with Crippen LogP contribution in [-0.2, 0) is 17.6 Å². The van der Waals surface area contributed by atoms with Gasteiger partial charge in [0.25, 0.3) is 11.5 Å². The molecule has 178 valence electrons. The Hall–Kier alpha value is -2.94. The number of aromatic nitrogens is 2. The van der Waals surface area contributed by atoms with Crippen LogP contribution in [0.4, 0.5) is 0 Å². The summed E-state index contributed by atoms with van der Waals surface area (Å²) in [6.07, 6.45) is 5.65. The Morgan fingerprint density at radius 2 is 1.97 bits per heavy atom. The number of thioether (sulfide) groups is 1. The summed E-state index contributed by atoms with van der Waals surface area (Å²) in [5, 5.41) is 5.78. The van der Waals surface area contributed by atoms with Gasteiger partial charge < -0.3 is 0 Å². The van der Waals surface area contributed by atoms with E-state index in [1.165, 1.54) is 22.9 Å². The molecule has 0 unspecified atom stereocenters. The van der Waals surface area contributed by atoms with Gasteiger partial charge in [0.2, 0.25) is 0 Å². The zero-order valence-corrected chi connectivity index (χ0v) is 21.5. The first kappa shape index (κ1) is 23.8. The van der Waals surface area contributed by atoms with Crippen molar-refractivity contribution in [2.24, 2.45) is 5.10 Å². The lowest BCUT2D eigenvalue weighted by molar-refractivity contribution is -0.118. The number of hydrazone groups is 1. The lowest BCUT2D eigenvalue weighted by Crippen LogP contribution is -2.24. The second-order valence-corrected chi connectivity index (χ2v) is 10.8. The molecule has 0 atom stereocenters. The maximum atomic E-state index is 13.8. The number of hydrogen-bond donors (Lipinski definition) is 1. The first-order valence-corrected chi connectivity index (χ1v) is 13.5. The van der Waals surface area contributed by atoms with E-state index < -0.39 is 0 Å². The summed E-state index contributed by atoms with van der Waals surface area (Å²) < 4.78 is 1.63. The van der Waals surface area contributed by atoms with Crippen LogP contribution in [0, 0.1) is 6.92 Å². The quantitative estimate of drug-likeness (QED) is 0.156. The molecule has 5 rings (SSSR count). The maximum Gasteiger partial charge on any atom is 0.267 e. The summed E-state index contributed by atoms with van der Waals surface area (Å²) in [5.74, 6) is -0.233. The smallest absolute Gasteiger partial charge is 0.267 e. The van der Waals surface area contributed by atoms with Crippen LogP contribution in [0.15, 0.2) is 63.6 Å². The van der Waals surface area contributed by atoms with Crippen molar-refractivity contribution >= 4 is 57.0 Å². The lowest BCUT2D eigenvalue weighted by atomic mass is 9.97. The third-order valence-electron chi connectivity index (χ3n) is 5.88. The number of carbonyl (C=O) groups is 1. The fourth-order valence-corrected chi connectivity index (χ4v) is 6.41. The minimum atomic E-state index is -0.298. The van der Waals surface area contributed by atoms with Crippen LogP contribution in [0.3, 0.4) is 0 Å². The van der Waals surface area contributed by atoms with E-state index in [1.54, 1.807) is 22.0 Å². The first-order chi connectivity index (χ1) is 17.0. The standard InChI is InChI=1S/C26H23ClN4O2S2/c1-16-10-12-18(13-11-16)31-25(33)23-19-7-3-5-9-21(19)35-24(23)29-26(31)34-15-22(32)30-28-14-17-6-2-4-8-20(17)27/h2,4,6,8,10-14H,3,5,7,9,15H2,1H3,(H,30,32). The summed E-state index contributed by atoms with van der Waals surface area (Å²) in [5.41, 5.74) is 6.16. The van der Waals surface area contributed by atoms with Gasteiger partial charge in [0.15, 0.2) is 5.16 Å². The fourth-order valence-electron chi connectivity index (χ4n) is 4.12. The van der Waals surface area contributed by atoms with E-state index in [2.05, 4.69) is 10.5 Å². The number of hydrogen-bond acceptors (Lipinski definition) is 6. The molecule has 1 amide bonds. The molecule has 4 aromatic rings. The van der Waals surface area contributed by atoms with Gasteiger partial charge in [0.1, 0.15) is 4.83 Å². The Bertz CT molecular complexity index is 1490. The van der Waals surface area contributed by atoms with Gasteiger partial charge >= 0.3 is 0 Å². The average Bonchev–Trinajstić information content (AvgIpc) is 3.23. The third-order valence-corrected chi connectivity index (χ3v) is 8.35. The minimum Gasteiger partial charge on any atom is -0.272 e. The zero-order chi connectivity index (χ0) is 24.4. The Morgan fingerprint density at radius 3 is 2.77 bits per heavy atom. The minimum absolute atomic E-state index is 0.0642. The molecule has 9 heteroatoms. The van der Waals surface area contributed by atoms with Crippen LogP contribution >= 0.6 is 34.7 Å². The van der Waals surface area contributed by atoms with Crippen LogP contribution in [0.2, 0.25) is 5.02 Å². The molecule has 2 aromatic carbocycles. The Kier molecular flexibility index (Phi) is 7.04.